The molecule has 0 atom stereocenters. The van der Waals surface area contributed by atoms with Crippen molar-refractivity contribution < 1.29 is 19.4 Å². The quantitative estimate of drug-likeness (QED) is 0.835. The number of carboxylic acids is 1. The number of hydrogen-bond acceptors (Lipinski definition) is 4. The summed E-state index contributed by atoms with van der Waals surface area (Å²) in [5.74, 6) is -1.29. The normalized spacial score (nSPS) is 10.1. The van der Waals surface area contributed by atoms with Crippen molar-refractivity contribution in [2.75, 3.05) is 13.2 Å². The van der Waals surface area contributed by atoms with Crippen molar-refractivity contribution in [2.45, 2.75) is 0 Å². The van der Waals surface area contributed by atoms with Crippen LogP contribution in [0.5, 0.6) is 0 Å². The standard InChI is InChI=1S/C8H7BrO4S/c9-7-2-1-6(14-7)5(10)3-13-4-8(11)12/h1-2H,3-4H2,(H,11,12). The molecule has 14 heavy (non-hydrogen) atoms. The van der Waals surface area contributed by atoms with Crippen LogP contribution < -0.4 is 0 Å². The summed E-state index contributed by atoms with van der Waals surface area (Å²) >= 11 is 4.52. The van der Waals surface area contributed by atoms with Gasteiger partial charge in [-0.3, -0.25) is 4.79 Å². The van der Waals surface area contributed by atoms with Gasteiger partial charge in [0.15, 0.2) is 5.78 Å². The molecule has 0 saturated carbocycles. The van der Waals surface area contributed by atoms with Gasteiger partial charge in [-0.15, -0.1) is 11.3 Å². The number of carboxylic acid groups (broad SMARTS) is 1. The molecule has 0 aliphatic carbocycles. The van der Waals surface area contributed by atoms with E-state index < -0.39 is 12.6 Å². The van der Waals surface area contributed by atoms with E-state index in [1.807, 2.05) is 0 Å². The van der Waals surface area contributed by atoms with Crippen LogP contribution >= 0.6 is 27.3 Å². The van der Waals surface area contributed by atoms with E-state index in [1.165, 1.54) is 11.3 Å². The van der Waals surface area contributed by atoms with Gasteiger partial charge in [-0.1, -0.05) is 0 Å². The van der Waals surface area contributed by atoms with E-state index in [0.717, 1.165) is 3.79 Å². The maximum atomic E-state index is 11.3. The van der Waals surface area contributed by atoms with E-state index in [4.69, 9.17) is 5.11 Å². The highest BCUT2D eigenvalue weighted by molar-refractivity contribution is 9.11. The molecule has 0 spiro atoms. The first-order valence-electron chi connectivity index (χ1n) is 3.67. The minimum absolute atomic E-state index is 0.195. The van der Waals surface area contributed by atoms with Crippen molar-refractivity contribution in [3.05, 3.63) is 20.8 Å². The second kappa shape index (κ2) is 5.23. The number of halogens is 1. The Hall–Kier alpha value is -0.720. The highest BCUT2D eigenvalue weighted by atomic mass is 79.9. The zero-order chi connectivity index (χ0) is 10.6. The van der Waals surface area contributed by atoms with Crippen LogP contribution in [0.4, 0.5) is 0 Å². The van der Waals surface area contributed by atoms with Gasteiger partial charge in [-0.25, -0.2) is 4.79 Å². The average molecular weight is 279 g/mol. The van der Waals surface area contributed by atoms with Crippen LogP contribution in [0.1, 0.15) is 9.67 Å². The summed E-state index contributed by atoms with van der Waals surface area (Å²) < 4.78 is 5.52. The van der Waals surface area contributed by atoms with Crippen LogP contribution in [0.3, 0.4) is 0 Å². The molecule has 0 amide bonds. The molecule has 0 bridgehead atoms. The molecule has 1 aromatic heterocycles. The number of carbonyl (C=O) groups excluding carboxylic acids is 1. The van der Waals surface area contributed by atoms with Gasteiger partial charge in [0.1, 0.15) is 13.2 Å². The minimum atomic E-state index is -1.08. The van der Waals surface area contributed by atoms with E-state index >= 15 is 0 Å². The first kappa shape index (κ1) is 11.4. The maximum absolute atomic E-state index is 11.3. The summed E-state index contributed by atoms with van der Waals surface area (Å²) in [5.41, 5.74) is 0. The minimum Gasteiger partial charge on any atom is -0.480 e. The molecule has 0 aliphatic heterocycles. The number of aliphatic carboxylic acids is 1. The summed E-state index contributed by atoms with van der Waals surface area (Å²) in [6.07, 6.45) is 0. The fraction of sp³-hybridized carbons (Fsp3) is 0.250. The highest BCUT2D eigenvalue weighted by Crippen LogP contribution is 2.22. The van der Waals surface area contributed by atoms with Crippen molar-refractivity contribution in [3.63, 3.8) is 0 Å². The molecule has 76 valence electrons. The Morgan fingerprint density at radius 3 is 2.64 bits per heavy atom. The molecule has 4 nitrogen and oxygen atoms in total. The van der Waals surface area contributed by atoms with Crippen molar-refractivity contribution >= 4 is 39.0 Å². The van der Waals surface area contributed by atoms with E-state index in [2.05, 4.69) is 20.7 Å². The predicted molar refractivity (Wildman–Crippen MR) is 54.8 cm³/mol. The number of Topliss-reactive ketones (excluding diaryl/α,β-unsaturated/α-hetero) is 1. The van der Waals surface area contributed by atoms with Crippen molar-refractivity contribution in [1.82, 2.24) is 0 Å². The lowest BCUT2D eigenvalue weighted by molar-refractivity contribution is -0.141. The smallest absolute Gasteiger partial charge is 0.329 e. The van der Waals surface area contributed by atoms with Crippen LogP contribution in [0.2, 0.25) is 0 Å². The third-order valence-corrected chi connectivity index (χ3v) is 2.97. The van der Waals surface area contributed by atoms with Gasteiger partial charge in [0.25, 0.3) is 0 Å². The molecular formula is C8H7BrO4S. The number of thiophene rings is 1. The SMILES string of the molecule is O=C(O)COCC(=O)c1ccc(Br)s1. The maximum Gasteiger partial charge on any atom is 0.329 e. The first-order chi connectivity index (χ1) is 6.59. The molecule has 6 heteroatoms. The molecule has 1 N–H and O–H groups in total. The summed E-state index contributed by atoms with van der Waals surface area (Å²) in [7, 11) is 0. The lowest BCUT2D eigenvalue weighted by Crippen LogP contribution is -2.13. The number of rotatable bonds is 5. The van der Waals surface area contributed by atoms with Gasteiger partial charge < -0.3 is 9.84 Å². The molecule has 0 aliphatic rings. The second-order valence-electron chi connectivity index (χ2n) is 2.41. The second-order valence-corrected chi connectivity index (χ2v) is 4.88. The summed E-state index contributed by atoms with van der Waals surface area (Å²) in [5, 5.41) is 8.26. The fourth-order valence-electron chi connectivity index (χ4n) is 0.766. The summed E-state index contributed by atoms with van der Waals surface area (Å²) in [6, 6.07) is 3.43. The van der Waals surface area contributed by atoms with Gasteiger partial charge in [-0.05, 0) is 28.1 Å². The molecule has 1 rings (SSSR count). The number of hydrogen-bond donors (Lipinski definition) is 1. The van der Waals surface area contributed by atoms with Crippen LogP contribution in [-0.4, -0.2) is 30.1 Å². The van der Waals surface area contributed by atoms with Crippen LogP contribution in [0.25, 0.3) is 0 Å². The molecule has 1 aromatic rings. The van der Waals surface area contributed by atoms with Crippen molar-refractivity contribution in [3.8, 4) is 0 Å². The van der Waals surface area contributed by atoms with E-state index in [9.17, 15) is 9.59 Å². The van der Waals surface area contributed by atoms with Gasteiger partial charge in [0, 0.05) is 0 Å². The Morgan fingerprint density at radius 2 is 2.14 bits per heavy atom. The molecule has 0 fully saturated rings. The van der Waals surface area contributed by atoms with Crippen LogP contribution in [0, 0.1) is 0 Å². The number of carbonyl (C=O) groups is 2. The Labute approximate surface area is 92.6 Å². The monoisotopic (exact) mass is 278 g/mol. The lowest BCUT2D eigenvalue weighted by Gasteiger charge is -1.97. The number of ether oxygens (including phenoxy) is 1. The topological polar surface area (TPSA) is 63.6 Å². The summed E-state index contributed by atoms with van der Waals surface area (Å²) in [4.78, 5) is 21.9. The average Bonchev–Trinajstić information content (AvgIpc) is 2.51. The molecule has 0 saturated heterocycles. The van der Waals surface area contributed by atoms with Gasteiger partial charge in [0.05, 0.1) is 8.66 Å². The van der Waals surface area contributed by atoms with Crippen molar-refractivity contribution in [2.24, 2.45) is 0 Å². The molecule has 0 aromatic carbocycles. The Balaban J connectivity index is 2.39. The molecule has 1 heterocycles. The molecule has 0 unspecified atom stereocenters. The zero-order valence-corrected chi connectivity index (χ0v) is 9.43. The van der Waals surface area contributed by atoms with Gasteiger partial charge >= 0.3 is 5.97 Å². The predicted octanol–water partition coefficient (Wildman–Crippen LogP) is 1.79. The molecule has 0 radical (unpaired) electrons. The van der Waals surface area contributed by atoms with Crippen LogP contribution in [-0.2, 0) is 9.53 Å². The lowest BCUT2D eigenvalue weighted by atomic mass is 10.3. The third kappa shape index (κ3) is 3.57. The first-order valence-corrected chi connectivity index (χ1v) is 5.28. The third-order valence-electron chi connectivity index (χ3n) is 1.31. The summed E-state index contributed by atoms with van der Waals surface area (Å²) in [6.45, 7) is -0.641. The van der Waals surface area contributed by atoms with E-state index in [0.29, 0.717) is 4.88 Å². The Morgan fingerprint density at radius 1 is 1.43 bits per heavy atom. The largest absolute Gasteiger partial charge is 0.480 e. The van der Waals surface area contributed by atoms with E-state index in [1.54, 1.807) is 12.1 Å². The van der Waals surface area contributed by atoms with E-state index in [-0.39, 0.29) is 12.4 Å². The fourth-order valence-corrected chi connectivity index (χ4v) is 2.08. The van der Waals surface area contributed by atoms with Crippen LogP contribution in [0.15, 0.2) is 15.9 Å². The Bertz CT molecular complexity index is 347. The van der Waals surface area contributed by atoms with Gasteiger partial charge in [0.2, 0.25) is 0 Å². The Kier molecular flexibility index (Phi) is 4.24. The number of ketones is 1. The highest BCUT2D eigenvalue weighted by Gasteiger charge is 2.09. The van der Waals surface area contributed by atoms with Crippen molar-refractivity contribution in [1.29, 1.82) is 0 Å². The zero-order valence-electron chi connectivity index (χ0n) is 7.03. The molecular weight excluding hydrogens is 272 g/mol. The van der Waals surface area contributed by atoms with Gasteiger partial charge in [-0.2, -0.15) is 0 Å².